The van der Waals surface area contributed by atoms with Crippen molar-refractivity contribution in [3.8, 4) is 0 Å². The fourth-order valence-electron chi connectivity index (χ4n) is 2.71. The zero-order chi connectivity index (χ0) is 16.9. The number of anilines is 1. The first-order valence-corrected chi connectivity index (χ1v) is 8.78. The summed E-state index contributed by atoms with van der Waals surface area (Å²) >= 11 is 1.61. The van der Waals surface area contributed by atoms with Crippen molar-refractivity contribution in [3.05, 3.63) is 66.2 Å². The number of hydrazine groups is 1. The van der Waals surface area contributed by atoms with Crippen molar-refractivity contribution in [2.75, 3.05) is 11.2 Å². The Labute approximate surface area is 145 Å². The molecule has 2 atom stereocenters. The number of para-hydroxylation sites is 1. The Morgan fingerprint density at radius 1 is 1.04 bits per heavy atom. The van der Waals surface area contributed by atoms with Crippen molar-refractivity contribution in [3.63, 3.8) is 0 Å². The lowest BCUT2D eigenvalue weighted by atomic mass is 10.1. The number of benzene rings is 2. The molecule has 24 heavy (non-hydrogen) atoms. The predicted octanol–water partition coefficient (Wildman–Crippen LogP) is 2.79. The molecule has 2 N–H and O–H groups in total. The molecule has 0 bridgehead atoms. The summed E-state index contributed by atoms with van der Waals surface area (Å²) in [5, 5.41) is -0.129. The largest absolute Gasteiger partial charge is 0.314 e. The van der Waals surface area contributed by atoms with Gasteiger partial charge in [-0.3, -0.25) is 20.4 Å². The van der Waals surface area contributed by atoms with Crippen LogP contribution in [0.15, 0.2) is 60.7 Å². The maximum Gasteiger partial charge on any atom is 0.262 e. The lowest BCUT2D eigenvalue weighted by molar-refractivity contribution is -0.138. The van der Waals surface area contributed by atoms with E-state index in [1.165, 1.54) is 6.92 Å². The van der Waals surface area contributed by atoms with Crippen LogP contribution in [-0.4, -0.2) is 28.5 Å². The van der Waals surface area contributed by atoms with Crippen LogP contribution in [-0.2, 0) is 9.59 Å². The van der Waals surface area contributed by atoms with Crippen LogP contribution in [0.1, 0.15) is 17.9 Å². The van der Waals surface area contributed by atoms with E-state index in [0.29, 0.717) is 5.75 Å². The van der Waals surface area contributed by atoms with Crippen LogP contribution in [0, 0.1) is 0 Å². The first-order chi connectivity index (χ1) is 11.7. The summed E-state index contributed by atoms with van der Waals surface area (Å²) < 4.78 is 0. The Balaban J connectivity index is 1.70. The van der Waals surface area contributed by atoms with E-state index in [4.69, 9.17) is 0 Å². The zero-order valence-corrected chi connectivity index (χ0v) is 14.1. The molecule has 0 saturated carbocycles. The van der Waals surface area contributed by atoms with Crippen LogP contribution in [0.4, 0.5) is 5.69 Å². The molecule has 2 aromatic rings. The van der Waals surface area contributed by atoms with E-state index < -0.39 is 6.04 Å². The molecule has 0 aliphatic carbocycles. The molecule has 1 heterocycles. The number of carbonyl (C=O) groups excluding carboxylic acids is 2. The average molecular weight is 341 g/mol. The average Bonchev–Trinajstić information content (AvgIpc) is 3.07. The van der Waals surface area contributed by atoms with Crippen LogP contribution in [0.25, 0.3) is 0 Å². The van der Waals surface area contributed by atoms with E-state index in [-0.39, 0.29) is 17.2 Å². The van der Waals surface area contributed by atoms with Gasteiger partial charge in [-0.15, -0.1) is 11.8 Å². The highest BCUT2D eigenvalue weighted by atomic mass is 32.2. The third-order valence-corrected chi connectivity index (χ3v) is 5.18. The molecule has 6 heteroatoms. The Bertz CT molecular complexity index is 709. The standard InChI is InChI=1S/C18H19N3O2S/c1-13(22)21-16(12-24-18(21)14-8-4-2-5-9-14)17(23)20-19-15-10-6-3-7-11-15/h2-11,16,18-19H,12H2,1H3,(H,20,23)/t16-,18+/m0/s1. The summed E-state index contributed by atoms with van der Waals surface area (Å²) in [5.74, 6) is 0.259. The van der Waals surface area contributed by atoms with Gasteiger partial charge in [0, 0.05) is 12.7 Å². The maximum atomic E-state index is 12.5. The third-order valence-electron chi connectivity index (χ3n) is 3.86. The van der Waals surface area contributed by atoms with Gasteiger partial charge in [-0.05, 0) is 17.7 Å². The van der Waals surface area contributed by atoms with Crippen molar-refractivity contribution in [2.45, 2.75) is 18.3 Å². The molecule has 1 fully saturated rings. The van der Waals surface area contributed by atoms with Gasteiger partial charge < -0.3 is 4.90 Å². The Morgan fingerprint density at radius 2 is 1.67 bits per heavy atom. The van der Waals surface area contributed by atoms with Crippen LogP contribution < -0.4 is 10.9 Å². The number of hydrogen-bond donors (Lipinski definition) is 2. The molecular weight excluding hydrogens is 322 g/mol. The molecular formula is C18H19N3O2S. The van der Waals surface area contributed by atoms with Crippen LogP contribution in [0.2, 0.25) is 0 Å². The number of amides is 2. The summed E-state index contributed by atoms with van der Waals surface area (Å²) in [6.07, 6.45) is 0. The normalized spacial score (nSPS) is 19.8. The third kappa shape index (κ3) is 3.54. The minimum Gasteiger partial charge on any atom is -0.314 e. The highest BCUT2D eigenvalue weighted by Gasteiger charge is 2.40. The van der Waals surface area contributed by atoms with Crippen molar-refractivity contribution < 1.29 is 9.59 Å². The van der Waals surface area contributed by atoms with Gasteiger partial charge in [-0.25, -0.2) is 0 Å². The maximum absolute atomic E-state index is 12.5. The zero-order valence-electron chi connectivity index (χ0n) is 13.3. The summed E-state index contributed by atoms with van der Waals surface area (Å²) in [6, 6.07) is 18.7. The summed E-state index contributed by atoms with van der Waals surface area (Å²) in [7, 11) is 0. The minimum absolute atomic E-state index is 0.103. The Morgan fingerprint density at radius 3 is 2.29 bits per heavy atom. The van der Waals surface area contributed by atoms with E-state index in [0.717, 1.165) is 11.3 Å². The number of nitrogens with one attached hydrogen (secondary N) is 2. The predicted molar refractivity (Wildman–Crippen MR) is 96.2 cm³/mol. The molecule has 1 aliphatic heterocycles. The number of thioether (sulfide) groups is 1. The molecule has 0 unspecified atom stereocenters. The van der Waals surface area contributed by atoms with Gasteiger partial charge >= 0.3 is 0 Å². The minimum atomic E-state index is -0.492. The van der Waals surface area contributed by atoms with Crippen LogP contribution in [0.3, 0.4) is 0 Å². The molecule has 124 valence electrons. The molecule has 1 aliphatic rings. The monoisotopic (exact) mass is 341 g/mol. The number of rotatable bonds is 4. The van der Waals surface area contributed by atoms with Crippen molar-refractivity contribution in [1.82, 2.24) is 10.3 Å². The summed E-state index contributed by atoms with van der Waals surface area (Å²) in [5.41, 5.74) is 7.42. The quantitative estimate of drug-likeness (QED) is 0.840. The second-order valence-electron chi connectivity index (χ2n) is 5.52. The topological polar surface area (TPSA) is 61.4 Å². The van der Waals surface area contributed by atoms with Gasteiger partial charge in [0.2, 0.25) is 5.91 Å². The van der Waals surface area contributed by atoms with Gasteiger partial charge in [0.25, 0.3) is 5.91 Å². The smallest absolute Gasteiger partial charge is 0.262 e. The van der Waals surface area contributed by atoms with Gasteiger partial charge in [0.05, 0.1) is 5.69 Å². The van der Waals surface area contributed by atoms with Crippen LogP contribution in [0.5, 0.6) is 0 Å². The van der Waals surface area contributed by atoms with Gasteiger partial charge in [-0.1, -0.05) is 48.5 Å². The molecule has 1 saturated heterocycles. The SMILES string of the molecule is CC(=O)N1[C@@H](c2ccccc2)SC[C@H]1C(=O)NNc1ccccc1. The van der Waals surface area contributed by atoms with E-state index >= 15 is 0 Å². The van der Waals surface area contributed by atoms with Crippen LogP contribution >= 0.6 is 11.8 Å². The van der Waals surface area contributed by atoms with E-state index in [1.807, 2.05) is 60.7 Å². The molecule has 3 rings (SSSR count). The van der Waals surface area contributed by atoms with Crippen molar-refractivity contribution in [1.29, 1.82) is 0 Å². The first-order valence-electron chi connectivity index (χ1n) is 7.73. The second-order valence-corrected chi connectivity index (χ2v) is 6.63. The molecule has 0 aromatic heterocycles. The lowest BCUT2D eigenvalue weighted by Gasteiger charge is -2.28. The van der Waals surface area contributed by atoms with Gasteiger partial charge in [0.15, 0.2) is 0 Å². The molecule has 0 spiro atoms. The number of nitrogens with zero attached hydrogens (tertiary/aromatic N) is 1. The number of carbonyl (C=O) groups is 2. The fraction of sp³-hybridized carbons (Fsp3) is 0.222. The molecule has 0 radical (unpaired) electrons. The summed E-state index contributed by atoms with van der Waals surface area (Å²) in [4.78, 5) is 26.3. The van der Waals surface area contributed by atoms with E-state index in [2.05, 4.69) is 10.9 Å². The molecule has 5 nitrogen and oxygen atoms in total. The Hall–Kier alpha value is -2.47. The highest BCUT2D eigenvalue weighted by molar-refractivity contribution is 7.99. The lowest BCUT2D eigenvalue weighted by Crippen LogP contribution is -2.48. The van der Waals surface area contributed by atoms with Gasteiger partial charge in [-0.2, -0.15) is 0 Å². The van der Waals surface area contributed by atoms with E-state index in [9.17, 15) is 9.59 Å². The second kappa shape index (κ2) is 7.40. The summed E-state index contributed by atoms with van der Waals surface area (Å²) in [6.45, 7) is 1.51. The van der Waals surface area contributed by atoms with Crippen molar-refractivity contribution in [2.24, 2.45) is 0 Å². The fourth-order valence-corrected chi connectivity index (χ4v) is 4.19. The first kappa shape index (κ1) is 16.4. The van der Waals surface area contributed by atoms with E-state index in [1.54, 1.807) is 16.7 Å². The number of hydrogen-bond acceptors (Lipinski definition) is 4. The van der Waals surface area contributed by atoms with Crippen molar-refractivity contribution >= 4 is 29.3 Å². The highest BCUT2D eigenvalue weighted by Crippen LogP contribution is 2.41. The molecule has 2 aromatic carbocycles. The van der Waals surface area contributed by atoms with Gasteiger partial charge in [0.1, 0.15) is 11.4 Å². The molecule has 2 amide bonds. The Kier molecular flexibility index (Phi) is 5.05.